The van der Waals surface area contributed by atoms with Gasteiger partial charge < -0.3 is 0 Å². The number of hydrogen-bond acceptors (Lipinski definition) is 2. The van der Waals surface area contributed by atoms with Crippen LogP contribution in [-0.2, 0) is 6.54 Å². The highest BCUT2D eigenvalue weighted by atomic mass is 35.5. The normalized spacial score (nSPS) is 15.0. The molecule has 1 saturated carbocycles. The molecule has 0 saturated heterocycles. The van der Waals surface area contributed by atoms with Crippen molar-refractivity contribution in [3.05, 3.63) is 56.1 Å². The molecule has 0 amide bonds. The fourth-order valence-electron chi connectivity index (χ4n) is 2.54. The second-order valence-corrected chi connectivity index (χ2v) is 5.69. The molecule has 1 aliphatic carbocycles. The molecule has 0 bridgehead atoms. The zero-order chi connectivity index (χ0) is 15.0. The van der Waals surface area contributed by atoms with Crippen LogP contribution >= 0.6 is 11.6 Å². The van der Waals surface area contributed by atoms with E-state index >= 15 is 0 Å². The van der Waals surface area contributed by atoms with Crippen molar-refractivity contribution in [3.63, 3.8) is 0 Å². The number of nitrogens with zero attached hydrogens (tertiary/aromatic N) is 1. The van der Waals surface area contributed by atoms with E-state index in [1.807, 2.05) is 0 Å². The molecule has 1 N–H and O–H groups in total. The van der Waals surface area contributed by atoms with E-state index in [2.05, 4.69) is 4.98 Å². The van der Waals surface area contributed by atoms with Gasteiger partial charge in [-0.2, -0.15) is 0 Å². The SMILES string of the molecule is O=c1[nH]c(Cl)c(-c2ccccc2F)c(=O)n1CC1CCC1. The fourth-order valence-corrected chi connectivity index (χ4v) is 2.81. The third-order valence-electron chi connectivity index (χ3n) is 3.95. The molecule has 21 heavy (non-hydrogen) atoms. The molecule has 6 heteroatoms. The van der Waals surface area contributed by atoms with Crippen molar-refractivity contribution < 1.29 is 4.39 Å². The molecule has 3 rings (SSSR count). The largest absolute Gasteiger partial charge is 0.329 e. The second-order valence-electron chi connectivity index (χ2n) is 5.31. The number of hydrogen-bond donors (Lipinski definition) is 1. The topological polar surface area (TPSA) is 54.9 Å². The maximum atomic E-state index is 13.9. The summed E-state index contributed by atoms with van der Waals surface area (Å²) in [6.07, 6.45) is 3.12. The predicted octanol–water partition coefficient (Wildman–Crippen LogP) is 2.80. The van der Waals surface area contributed by atoms with E-state index in [0.717, 1.165) is 23.8 Å². The van der Waals surface area contributed by atoms with Gasteiger partial charge in [0, 0.05) is 12.1 Å². The van der Waals surface area contributed by atoms with Gasteiger partial charge in [0.2, 0.25) is 0 Å². The summed E-state index contributed by atoms with van der Waals surface area (Å²) in [5.74, 6) is -0.211. The Kier molecular flexibility index (Phi) is 3.68. The predicted molar refractivity (Wildman–Crippen MR) is 79.1 cm³/mol. The molecule has 2 aromatic rings. The smallest absolute Gasteiger partial charge is 0.297 e. The monoisotopic (exact) mass is 308 g/mol. The molecule has 0 unspecified atom stereocenters. The lowest BCUT2D eigenvalue weighted by atomic mass is 9.85. The van der Waals surface area contributed by atoms with Crippen LogP contribution in [0.25, 0.3) is 11.1 Å². The van der Waals surface area contributed by atoms with E-state index in [4.69, 9.17) is 11.6 Å². The van der Waals surface area contributed by atoms with Crippen molar-refractivity contribution in [1.82, 2.24) is 9.55 Å². The number of halogens is 2. The van der Waals surface area contributed by atoms with E-state index in [0.29, 0.717) is 12.5 Å². The molecule has 1 heterocycles. The first kappa shape index (κ1) is 14.1. The third-order valence-corrected chi connectivity index (χ3v) is 4.23. The minimum atomic E-state index is -0.544. The lowest BCUT2D eigenvalue weighted by Crippen LogP contribution is -2.39. The Morgan fingerprint density at radius 2 is 2.00 bits per heavy atom. The Morgan fingerprint density at radius 1 is 1.29 bits per heavy atom. The summed E-state index contributed by atoms with van der Waals surface area (Å²) < 4.78 is 15.0. The lowest BCUT2D eigenvalue weighted by molar-refractivity contribution is 0.270. The van der Waals surface area contributed by atoms with E-state index in [1.54, 1.807) is 6.07 Å². The first-order chi connectivity index (χ1) is 10.1. The maximum absolute atomic E-state index is 13.9. The Hall–Kier alpha value is -1.88. The summed E-state index contributed by atoms with van der Waals surface area (Å²) in [6, 6.07) is 5.89. The minimum Gasteiger partial charge on any atom is -0.297 e. The van der Waals surface area contributed by atoms with Crippen molar-refractivity contribution in [2.45, 2.75) is 25.8 Å². The van der Waals surface area contributed by atoms with Gasteiger partial charge in [-0.1, -0.05) is 36.2 Å². The van der Waals surface area contributed by atoms with Crippen LogP contribution in [0, 0.1) is 11.7 Å². The number of aromatic amines is 1. The Morgan fingerprint density at radius 3 is 2.62 bits per heavy atom. The first-order valence-electron chi connectivity index (χ1n) is 6.85. The van der Waals surface area contributed by atoms with Crippen molar-refractivity contribution in [3.8, 4) is 11.1 Å². The average molecular weight is 309 g/mol. The number of rotatable bonds is 3. The van der Waals surface area contributed by atoms with E-state index in [1.165, 1.54) is 18.2 Å². The molecule has 1 fully saturated rings. The molecule has 1 aliphatic rings. The van der Waals surface area contributed by atoms with E-state index < -0.39 is 17.1 Å². The average Bonchev–Trinajstić information content (AvgIpc) is 2.38. The number of aromatic nitrogens is 2. The highest BCUT2D eigenvalue weighted by molar-refractivity contribution is 6.32. The quantitative estimate of drug-likeness (QED) is 0.886. The van der Waals surface area contributed by atoms with Crippen LogP contribution < -0.4 is 11.2 Å². The van der Waals surface area contributed by atoms with Gasteiger partial charge in [-0.05, 0) is 24.8 Å². The van der Waals surface area contributed by atoms with Crippen molar-refractivity contribution in [1.29, 1.82) is 0 Å². The number of nitrogens with one attached hydrogen (secondary N) is 1. The van der Waals surface area contributed by atoms with Crippen molar-refractivity contribution >= 4 is 11.6 Å². The summed E-state index contributed by atoms with van der Waals surface area (Å²) >= 11 is 5.96. The van der Waals surface area contributed by atoms with Gasteiger partial charge in [0.05, 0.1) is 5.56 Å². The lowest BCUT2D eigenvalue weighted by Gasteiger charge is -2.25. The van der Waals surface area contributed by atoms with Gasteiger partial charge in [0.25, 0.3) is 5.56 Å². The number of benzene rings is 1. The zero-order valence-corrected chi connectivity index (χ0v) is 12.0. The van der Waals surface area contributed by atoms with Gasteiger partial charge in [0.15, 0.2) is 0 Å². The fraction of sp³-hybridized carbons (Fsp3) is 0.333. The highest BCUT2D eigenvalue weighted by Gasteiger charge is 2.22. The maximum Gasteiger partial charge on any atom is 0.329 e. The molecule has 1 aromatic heterocycles. The Balaban J connectivity index is 2.17. The minimum absolute atomic E-state index is 0.00805. The third kappa shape index (κ3) is 2.53. The van der Waals surface area contributed by atoms with Crippen LogP contribution in [0.5, 0.6) is 0 Å². The van der Waals surface area contributed by atoms with E-state index in [9.17, 15) is 14.0 Å². The van der Waals surface area contributed by atoms with Crippen LogP contribution in [0.3, 0.4) is 0 Å². The molecule has 0 atom stereocenters. The highest BCUT2D eigenvalue weighted by Crippen LogP contribution is 2.28. The Labute approximate surface area is 125 Å². The number of H-pyrrole nitrogens is 1. The van der Waals surface area contributed by atoms with Crippen LogP contribution in [-0.4, -0.2) is 9.55 Å². The van der Waals surface area contributed by atoms with Gasteiger partial charge in [-0.3, -0.25) is 14.3 Å². The van der Waals surface area contributed by atoms with Crippen LogP contribution in [0.1, 0.15) is 19.3 Å². The molecular weight excluding hydrogens is 295 g/mol. The van der Waals surface area contributed by atoms with Crippen LogP contribution in [0.4, 0.5) is 4.39 Å². The Bertz CT molecular complexity index is 793. The van der Waals surface area contributed by atoms with Crippen LogP contribution in [0.2, 0.25) is 5.15 Å². The summed E-state index contributed by atoms with van der Waals surface area (Å²) in [5, 5.41) is -0.125. The molecule has 110 valence electrons. The van der Waals surface area contributed by atoms with E-state index in [-0.39, 0.29) is 16.3 Å². The van der Waals surface area contributed by atoms with Gasteiger partial charge in [-0.15, -0.1) is 0 Å². The molecule has 0 radical (unpaired) electrons. The molecule has 0 aliphatic heterocycles. The second kappa shape index (κ2) is 5.48. The molecule has 1 aromatic carbocycles. The summed E-state index contributed by atoms with van der Waals surface area (Å²) in [6.45, 7) is 0.354. The zero-order valence-electron chi connectivity index (χ0n) is 11.2. The summed E-state index contributed by atoms with van der Waals surface area (Å²) in [5.41, 5.74) is -0.975. The summed E-state index contributed by atoms with van der Waals surface area (Å²) in [4.78, 5) is 26.9. The van der Waals surface area contributed by atoms with Crippen molar-refractivity contribution in [2.75, 3.05) is 0 Å². The van der Waals surface area contributed by atoms with Crippen molar-refractivity contribution in [2.24, 2.45) is 5.92 Å². The van der Waals surface area contributed by atoms with Gasteiger partial charge in [-0.25, -0.2) is 9.18 Å². The molecule has 0 spiro atoms. The molecule has 4 nitrogen and oxygen atoms in total. The summed E-state index contributed by atoms with van der Waals surface area (Å²) in [7, 11) is 0. The first-order valence-corrected chi connectivity index (χ1v) is 7.23. The standard InChI is InChI=1S/C15H14ClFN2O2/c16-13-12(10-6-1-2-7-11(10)17)14(20)19(15(21)18-13)8-9-4-3-5-9/h1-2,6-7,9H,3-5,8H2,(H,18,21). The molecular formula is C15H14ClFN2O2. The van der Waals surface area contributed by atoms with Crippen LogP contribution in [0.15, 0.2) is 33.9 Å². The van der Waals surface area contributed by atoms with Gasteiger partial charge in [0.1, 0.15) is 11.0 Å². The van der Waals surface area contributed by atoms with Gasteiger partial charge >= 0.3 is 5.69 Å².